The van der Waals surface area contributed by atoms with Gasteiger partial charge in [-0.2, -0.15) is 5.10 Å². The maximum Gasteiger partial charge on any atom is 0.186 e. The van der Waals surface area contributed by atoms with Crippen LogP contribution in [0.25, 0.3) is 0 Å². The third-order valence-electron chi connectivity index (χ3n) is 5.16. The van der Waals surface area contributed by atoms with Gasteiger partial charge in [-0.05, 0) is 58.5 Å². The van der Waals surface area contributed by atoms with E-state index in [0.717, 1.165) is 43.6 Å². The summed E-state index contributed by atoms with van der Waals surface area (Å²) in [5.74, 6) is 0.344. The van der Waals surface area contributed by atoms with E-state index in [1.165, 1.54) is 0 Å². The quantitative estimate of drug-likeness (QED) is 0.801. The second-order valence-electron chi connectivity index (χ2n) is 7.49. The molecule has 0 aromatic carbocycles. The summed E-state index contributed by atoms with van der Waals surface area (Å²) < 4.78 is 1.96. The molecule has 1 N–H and O–H groups in total. The molecule has 1 atom stereocenters. The lowest BCUT2D eigenvalue weighted by Crippen LogP contribution is -2.47. The first kappa shape index (κ1) is 16.5. The number of nitrogens with zero attached hydrogens (tertiary/aromatic N) is 2. The summed E-state index contributed by atoms with van der Waals surface area (Å²) in [6.45, 7) is 10.5. The molecule has 1 saturated heterocycles. The zero-order valence-electron chi connectivity index (χ0n) is 13.4. The van der Waals surface area contributed by atoms with Gasteiger partial charge in [0, 0.05) is 17.7 Å². The maximum absolute atomic E-state index is 12.7. The highest BCUT2D eigenvalue weighted by atomic mass is 35.5. The first-order valence-corrected chi connectivity index (χ1v) is 7.67. The van der Waals surface area contributed by atoms with Gasteiger partial charge in [-0.1, -0.05) is 6.92 Å². The molecule has 1 aromatic rings. The Morgan fingerprint density at radius 3 is 2.52 bits per heavy atom. The van der Waals surface area contributed by atoms with Gasteiger partial charge >= 0.3 is 0 Å². The standard InChI is InChI=1S/C16H25N3O.ClH/c1-11-14(20)13-12(10-19(18-13)15(2,3)4)9-16(11)5-7-17-8-6-16;/h10-11,17H,5-9H2,1-4H3;1H. The van der Waals surface area contributed by atoms with Crippen molar-refractivity contribution in [3.8, 4) is 0 Å². The number of nitrogens with one attached hydrogen (secondary N) is 1. The van der Waals surface area contributed by atoms with Crippen LogP contribution in [0.4, 0.5) is 0 Å². The van der Waals surface area contributed by atoms with Gasteiger partial charge < -0.3 is 5.32 Å². The van der Waals surface area contributed by atoms with Crippen LogP contribution in [0.5, 0.6) is 0 Å². The van der Waals surface area contributed by atoms with Crippen LogP contribution in [0, 0.1) is 11.3 Å². The number of Topliss-reactive ketones (excluding diaryl/α,β-unsaturated/α-hetero) is 1. The summed E-state index contributed by atoms with van der Waals surface area (Å²) in [5, 5.41) is 8.00. The molecule has 1 spiro atoms. The van der Waals surface area contributed by atoms with Crippen LogP contribution >= 0.6 is 12.4 Å². The van der Waals surface area contributed by atoms with Crippen molar-refractivity contribution in [3.63, 3.8) is 0 Å². The lowest BCUT2D eigenvalue weighted by Gasteiger charge is -2.44. The highest BCUT2D eigenvalue weighted by Gasteiger charge is 2.46. The Morgan fingerprint density at radius 1 is 1.33 bits per heavy atom. The molecule has 0 bridgehead atoms. The summed E-state index contributed by atoms with van der Waals surface area (Å²) in [6.07, 6.45) is 5.30. The van der Waals surface area contributed by atoms with Crippen molar-refractivity contribution in [3.05, 3.63) is 17.5 Å². The number of hydrogen-bond donors (Lipinski definition) is 1. The molecule has 3 rings (SSSR count). The van der Waals surface area contributed by atoms with E-state index < -0.39 is 0 Å². The molecule has 2 aliphatic rings. The van der Waals surface area contributed by atoms with Gasteiger partial charge in [0.15, 0.2) is 5.78 Å². The molecule has 1 unspecified atom stereocenters. The lowest BCUT2D eigenvalue weighted by molar-refractivity contribution is 0.0623. The van der Waals surface area contributed by atoms with E-state index in [-0.39, 0.29) is 35.1 Å². The van der Waals surface area contributed by atoms with E-state index in [9.17, 15) is 4.79 Å². The molecule has 0 saturated carbocycles. The fraction of sp³-hybridized carbons (Fsp3) is 0.750. The van der Waals surface area contributed by atoms with Gasteiger partial charge in [0.1, 0.15) is 5.69 Å². The van der Waals surface area contributed by atoms with Gasteiger partial charge in [-0.15, -0.1) is 12.4 Å². The van der Waals surface area contributed by atoms with Crippen molar-refractivity contribution >= 4 is 18.2 Å². The molecule has 1 aliphatic heterocycles. The molecule has 2 heterocycles. The number of aromatic nitrogens is 2. The average Bonchev–Trinajstić information content (AvgIpc) is 2.81. The minimum atomic E-state index is -0.0673. The summed E-state index contributed by atoms with van der Waals surface area (Å²) >= 11 is 0. The molecule has 1 aromatic heterocycles. The number of halogens is 1. The third-order valence-corrected chi connectivity index (χ3v) is 5.16. The molecular weight excluding hydrogens is 286 g/mol. The van der Waals surface area contributed by atoms with Gasteiger partial charge in [-0.3, -0.25) is 9.48 Å². The Labute approximate surface area is 133 Å². The second kappa shape index (κ2) is 5.40. The van der Waals surface area contributed by atoms with Crippen molar-refractivity contribution in [1.82, 2.24) is 15.1 Å². The summed E-state index contributed by atoms with van der Waals surface area (Å²) in [7, 11) is 0. The monoisotopic (exact) mass is 311 g/mol. The van der Waals surface area contributed by atoms with Crippen LogP contribution < -0.4 is 5.32 Å². The summed E-state index contributed by atoms with van der Waals surface area (Å²) in [4.78, 5) is 12.7. The molecule has 1 aliphatic carbocycles. The number of hydrogen-bond acceptors (Lipinski definition) is 3. The summed E-state index contributed by atoms with van der Waals surface area (Å²) in [6, 6.07) is 0. The van der Waals surface area contributed by atoms with E-state index in [1.54, 1.807) is 0 Å². The molecule has 4 nitrogen and oxygen atoms in total. The van der Waals surface area contributed by atoms with Crippen LogP contribution in [0.2, 0.25) is 0 Å². The highest BCUT2D eigenvalue weighted by Crippen LogP contribution is 2.45. The fourth-order valence-electron chi connectivity index (χ4n) is 3.64. The number of ketones is 1. The van der Waals surface area contributed by atoms with Crippen molar-refractivity contribution < 1.29 is 4.79 Å². The van der Waals surface area contributed by atoms with E-state index in [2.05, 4.69) is 44.3 Å². The molecule has 1 fully saturated rings. The van der Waals surface area contributed by atoms with Gasteiger partial charge in [0.25, 0.3) is 0 Å². The SMILES string of the molecule is CC1C(=O)c2nn(C(C)(C)C)cc2CC12CCNCC2.Cl. The van der Waals surface area contributed by atoms with Crippen molar-refractivity contribution in [2.75, 3.05) is 13.1 Å². The molecule has 0 amide bonds. The van der Waals surface area contributed by atoms with Crippen molar-refractivity contribution in [2.45, 2.75) is 52.5 Å². The predicted molar refractivity (Wildman–Crippen MR) is 86.2 cm³/mol. The Kier molecular flexibility index (Phi) is 4.24. The van der Waals surface area contributed by atoms with Crippen LogP contribution in [-0.4, -0.2) is 28.7 Å². The van der Waals surface area contributed by atoms with Gasteiger partial charge in [0.05, 0.1) is 5.54 Å². The van der Waals surface area contributed by atoms with Crippen LogP contribution in [0.15, 0.2) is 6.20 Å². The van der Waals surface area contributed by atoms with E-state index in [0.29, 0.717) is 0 Å². The Bertz CT molecular complexity index is 538. The van der Waals surface area contributed by atoms with Crippen molar-refractivity contribution in [1.29, 1.82) is 0 Å². The minimum Gasteiger partial charge on any atom is -0.317 e. The minimum absolute atomic E-state index is 0. The zero-order chi connectivity index (χ0) is 14.5. The number of carbonyl (C=O) groups excluding carboxylic acids is 1. The van der Waals surface area contributed by atoms with Crippen molar-refractivity contribution in [2.24, 2.45) is 11.3 Å². The number of fused-ring (bicyclic) bond motifs is 1. The topological polar surface area (TPSA) is 46.9 Å². The Balaban J connectivity index is 0.00000161. The number of carbonyl (C=O) groups is 1. The van der Waals surface area contributed by atoms with Crippen LogP contribution in [0.1, 0.15) is 56.6 Å². The molecule has 21 heavy (non-hydrogen) atoms. The molecule has 118 valence electrons. The Morgan fingerprint density at radius 2 is 1.95 bits per heavy atom. The molecule has 5 heteroatoms. The maximum atomic E-state index is 12.7. The predicted octanol–water partition coefficient (Wildman–Crippen LogP) is 2.80. The Hall–Kier alpha value is -0.870. The first-order chi connectivity index (χ1) is 9.33. The zero-order valence-corrected chi connectivity index (χ0v) is 14.2. The van der Waals surface area contributed by atoms with E-state index in [1.807, 2.05) is 4.68 Å². The van der Waals surface area contributed by atoms with Gasteiger partial charge in [-0.25, -0.2) is 0 Å². The average molecular weight is 312 g/mol. The largest absolute Gasteiger partial charge is 0.317 e. The second-order valence-corrected chi connectivity index (χ2v) is 7.49. The molecular formula is C16H26ClN3O. The van der Waals surface area contributed by atoms with Gasteiger partial charge in [0.2, 0.25) is 0 Å². The number of rotatable bonds is 0. The number of piperidine rings is 1. The summed E-state index contributed by atoms with van der Waals surface area (Å²) in [5.41, 5.74) is 1.96. The fourth-order valence-corrected chi connectivity index (χ4v) is 3.64. The van der Waals surface area contributed by atoms with E-state index >= 15 is 0 Å². The lowest BCUT2D eigenvalue weighted by atomic mass is 9.61. The smallest absolute Gasteiger partial charge is 0.186 e. The first-order valence-electron chi connectivity index (χ1n) is 7.67. The van der Waals surface area contributed by atoms with Crippen LogP contribution in [-0.2, 0) is 12.0 Å². The van der Waals surface area contributed by atoms with Crippen LogP contribution in [0.3, 0.4) is 0 Å². The highest BCUT2D eigenvalue weighted by molar-refractivity contribution is 5.98. The molecule has 0 radical (unpaired) electrons. The normalized spacial score (nSPS) is 24.6. The third kappa shape index (κ3) is 2.64. The van der Waals surface area contributed by atoms with E-state index in [4.69, 9.17) is 0 Å².